The Labute approximate surface area is 130 Å². The molecular formula is C15H17F4NO3. The summed E-state index contributed by atoms with van der Waals surface area (Å²) in [6, 6.07) is 3.23. The number of alkyl halides is 3. The maximum absolute atomic E-state index is 14.5. The number of aliphatic hydroxyl groups is 1. The summed E-state index contributed by atoms with van der Waals surface area (Å²) >= 11 is 0. The van der Waals surface area contributed by atoms with E-state index in [0.717, 1.165) is 6.07 Å². The lowest BCUT2D eigenvalue weighted by molar-refractivity contribution is -0.275. The first kappa shape index (κ1) is 17.7. The van der Waals surface area contributed by atoms with Crippen LogP contribution in [0.15, 0.2) is 18.2 Å². The highest BCUT2D eigenvalue weighted by Gasteiger charge is 2.52. The number of benzene rings is 1. The summed E-state index contributed by atoms with van der Waals surface area (Å²) in [5.41, 5.74) is -3.56. The number of likely N-dealkylation sites (N-methyl/N-ethyl adjacent to an activating group) is 1. The second kappa shape index (κ2) is 5.76. The first-order chi connectivity index (χ1) is 10.5. The maximum Gasteiger partial charge on any atom is 0.573 e. The van der Waals surface area contributed by atoms with Gasteiger partial charge >= 0.3 is 6.36 Å². The van der Waals surface area contributed by atoms with Crippen molar-refractivity contribution < 1.29 is 32.2 Å². The van der Waals surface area contributed by atoms with E-state index < -0.39 is 34.9 Å². The van der Waals surface area contributed by atoms with Gasteiger partial charge in [-0.25, -0.2) is 4.39 Å². The van der Waals surface area contributed by atoms with Crippen molar-refractivity contribution in [2.75, 3.05) is 7.05 Å². The minimum absolute atomic E-state index is 0.158. The van der Waals surface area contributed by atoms with Crippen molar-refractivity contribution in [2.24, 2.45) is 0 Å². The molecule has 0 aromatic heterocycles. The number of carbonyl (C=O) groups is 1. The molecule has 1 aliphatic rings. The van der Waals surface area contributed by atoms with Crippen LogP contribution in [-0.4, -0.2) is 29.9 Å². The van der Waals surface area contributed by atoms with E-state index in [0.29, 0.717) is 6.42 Å². The Morgan fingerprint density at radius 1 is 1.30 bits per heavy atom. The fourth-order valence-corrected chi connectivity index (χ4v) is 3.06. The minimum atomic E-state index is -5.05. The van der Waals surface area contributed by atoms with E-state index in [1.54, 1.807) is 0 Å². The van der Waals surface area contributed by atoms with Crippen LogP contribution in [0.25, 0.3) is 0 Å². The van der Waals surface area contributed by atoms with Crippen LogP contribution in [0.2, 0.25) is 0 Å². The molecule has 0 radical (unpaired) electrons. The number of Topliss-reactive ketones (excluding diaryl/α,β-unsaturated/α-hetero) is 1. The van der Waals surface area contributed by atoms with Crippen LogP contribution in [0.1, 0.15) is 31.7 Å². The average molecular weight is 335 g/mol. The van der Waals surface area contributed by atoms with E-state index in [1.165, 1.54) is 26.1 Å². The number of ether oxygens (including phenoxy) is 1. The quantitative estimate of drug-likeness (QED) is 0.834. The topological polar surface area (TPSA) is 58.6 Å². The summed E-state index contributed by atoms with van der Waals surface area (Å²) in [7, 11) is 1.40. The normalized spacial score (nSPS) is 28.7. The van der Waals surface area contributed by atoms with Crippen LogP contribution in [0, 0.1) is 5.82 Å². The third-order valence-corrected chi connectivity index (χ3v) is 4.17. The molecule has 2 atom stereocenters. The SMILES string of the molecule is CN[C@@]1(c2cccc(OC(F)(F)F)c2F)CCC[C@](C)(O)C1=O. The van der Waals surface area contributed by atoms with Gasteiger partial charge in [0.1, 0.15) is 11.1 Å². The second-order valence-electron chi connectivity index (χ2n) is 5.78. The molecule has 2 rings (SSSR count). The van der Waals surface area contributed by atoms with Crippen molar-refractivity contribution in [3.63, 3.8) is 0 Å². The van der Waals surface area contributed by atoms with Crippen LogP contribution < -0.4 is 10.1 Å². The van der Waals surface area contributed by atoms with E-state index >= 15 is 0 Å². The fourth-order valence-electron chi connectivity index (χ4n) is 3.06. The zero-order chi connectivity index (χ0) is 17.5. The minimum Gasteiger partial charge on any atom is -0.403 e. The number of nitrogens with one attached hydrogen (secondary N) is 1. The molecule has 0 saturated heterocycles. The molecule has 1 fully saturated rings. The van der Waals surface area contributed by atoms with E-state index in [9.17, 15) is 27.5 Å². The molecule has 23 heavy (non-hydrogen) atoms. The summed E-state index contributed by atoms with van der Waals surface area (Å²) in [4.78, 5) is 12.6. The van der Waals surface area contributed by atoms with Gasteiger partial charge < -0.3 is 15.2 Å². The van der Waals surface area contributed by atoms with Crippen LogP contribution in [0.5, 0.6) is 5.75 Å². The number of carbonyl (C=O) groups excluding carboxylic acids is 1. The van der Waals surface area contributed by atoms with E-state index in [1.807, 2.05) is 0 Å². The van der Waals surface area contributed by atoms with Crippen LogP contribution in [-0.2, 0) is 10.3 Å². The zero-order valence-electron chi connectivity index (χ0n) is 12.6. The first-order valence-corrected chi connectivity index (χ1v) is 7.04. The summed E-state index contributed by atoms with van der Waals surface area (Å²) in [6.45, 7) is 1.31. The molecule has 1 aromatic rings. The summed E-state index contributed by atoms with van der Waals surface area (Å²) in [5, 5.41) is 12.9. The lowest BCUT2D eigenvalue weighted by Crippen LogP contribution is -2.59. The Morgan fingerprint density at radius 3 is 2.52 bits per heavy atom. The molecule has 0 heterocycles. The predicted molar refractivity (Wildman–Crippen MR) is 73.3 cm³/mol. The molecular weight excluding hydrogens is 318 g/mol. The molecule has 128 valence electrons. The van der Waals surface area contributed by atoms with E-state index in [2.05, 4.69) is 10.1 Å². The lowest BCUT2D eigenvalue weighted by Gasteiger charge is -2.42. The molecule has 0 aliphatic heterocycles. The lowest BCUT2D eigenvalue weighted by atomic mass is 9.69. The molecule has 1 aliphatic carbocycles. The molecule has 1 aromatic carbocycles. The number of halogens is 4. The number of ketones is 1. The highest BCUT2D eigenvalue weighted by atomic mass is 19.4. The van der Waals surface area contributed by atoms with Gasteiger partial charge in [-0.05, 0) is 39.3 Å². The van der Waals surface area contributed by atoms with Crippen molar-refractivity contribution in [3.8, 4) is 5.75 Å². The van der Waals surface area contributed by atoms with Gasteiger partial charge in [-0.3, -0.25) is 4.79 Å². The molecule has 0 unspecified atom stereocenters. The van der Waals surface area contributed by atoms with Crippen molar-refractivity contribution in [1.82, 2.24) is 5.32 Å². The smallest absolute Gasteiger partial charge is 0.403 e. The largest absolute Gasteiger partial charge is 0.573 e. The van der Waals surface area contributed by atoms with E-state index in [-0.39, 0.29) is 18.4 Å². The maximum atomic E-state index is 14.5. The molecule has 2 N–H and O–H groups in total. The van der Waals surface area contributed by atoms with Gasteiger partial charge in [-0.1, -0.05) is 12.1 Å². The summed E-state index contributed by atoms with van der Waals surface area (Å²) in [5.74, 6) is -2.96. The van der Waals surface area contributed by atoms with Gasteiger partial charge in [-0.2, -0.15) is 0 Å². The van der Waals surface area contributed by atoms with Crippen molar-refractivity contribution in [1.29, 1.82) is 0 Å². The third-order valence-electron chi connectivity index (χ3n) is 4.17. The summed E-state index contributed by atoms with van der Waals surface area (Å²) in [6.07, 6.45) is -4.28. The Hall–Kier alpha value is -1.67. The van der Waals surface area contributed by atoms with Crippen LogP contribution in [0.4, 0.5) is 17.6 Å². The Bertz CT molecular complexity index is 615. The van der Waals surface area contributed by atoms with Crippen LogP contribution >= 0.6 is 0 Å². The standard InChI is InChI=1S/C15H17F4NO3/c1-13(22)7-4-8-14(20-2,12(13)21)9-5-3-6-10(11(9)16)23-15(17,18)19/h3,5-6,20,22H,4,7-8H2,1-2H3/t13-,14+/m0/s1. The third kappa shape index (κ3) is 3.18. The Balaban J connectivity index is 2.55. The highest BCUT2D eigenvalue weighted by molar-refractivity contribution is 5.97. The predicted octanol–water partition coefficient (Wildman–Crippen LogP) is 2.64. The Morgan fingerprint density at radius 2 is 1.96 bits per heavy atom. The fraction of sp³-hybridized carbons (Fsp3) is 0.533. The van der Waals surface area contributed by atoms with Gasteiger partial charge in [0.25, 0.3) is 0 Å². The Kier molecular flexibility index (Phi) is 4.42. The van der Waals surface area contributed by atoms with Crippen molar-refractivity contribution in [2.45, 2.75) is 43.7 Å². The zero-order valence-corrected chi connectivity index (χ0v) is 12.6. The number of hydrogen-bond donors (Lipinski definition) is 2. The van der Waals surface area contributed by atoms with Gasteiger partial charge in [0.15, 0.2) is 17.3 Å². The summed E-state index contributed by atoms with van der Waals surface area (Å²) < 4.78 is 55.3. The molecule has 1 saturated carbocycles. The van der Waals surface area contributed by atoms with Crippen molar-refractivity contribution in [3.05, 3.63) is 29.6 Å². The molecule has 4 nitrogen and oxygen atoms in total. The van der Waals surface area contributed by atoms with Crippen molar-refractivity contribution >= 4 is 5.78 Å². The molecule has 0 amide bonds. The first-order valence-electron chi connectivity index (χ1n) is 7.04. The van der Waals surface area contributed by atoms with Gasteiger partial charge in [0.05, 0.1) is 0 Å². The van der Waals surface area contributed by atoms with Gasteiger partial charge in [0.2, 0.25) is 0 Å². The average Bonchev–Trinajstić information content (AvgIpc) is 2.43. The van der Waals surface area contributed by atoms with Gasteiger partial charge in [0, 0.05) is 5.56 Å². The highest BCUT2D eigenvalue weighted by Crippen LogP contribution is 2.41. The van der Waals surface area contributed by atoms with E-state index in [4.69, 9.17) is 0 Å². The number of rotatable bonds is 3. The number of hydrogen-bond acceptors (Lipinski definition) is 4. The monoisotopic (exact) mass is 335 g/mol. The van der Waals surface area contributed by atoms with Crippen LogP contribution in [0.3, 0.4) is 0 Å². The molecule has 8 heteroatoms. The second-order valence-corrected chi connectivity index (χ2v) is 5.78. The molecule has 0 bridgehead atoms. The van der Waals surface area contributed by atoms with Gasteiger partial charge in [-0.15, -0.1) is 13.2 Å². The molecule has 0 spiro atoms.